The largest absolute Gasteiger partial charge is 0.379 e. The summed E-state index contributed by atoms with van der Waals surface area (Å²) in [6.07, 6.45) is 3.42. The molecule has 20 heavy (non-hydrogen) atoms. The molecule has 0 aromatic rings. The van der Waals surface area contributed by atoms with Crippen LogP contribution in [0.4, 0.5) is 0 Å². The van der Waals surface area contributed by atoms with E-state index in [2.05, 4.69) is 33.1 Å². The lowest BCUT2D eigenvalue weighted by molar-refractivity contribution is -0.118. The molecule has 0 aromatic carbocycles. The molecule has 4 heteroatoms. The molecule has 0 bridgehead atoms. The molecule has 4 atom stereocenters. The second-order valence-corrected chi connectivity index (χ2v) is 7.42. The molecule has 0 saturated carbocycles. The van der Waals surface area contributed by atoms with E-state index in [1.165, 1.54) is 0 Å². The molecule has 0 aromatic heterocycles. The van der Waals surface area contributed by atoms with Gasteiger partial charge in [-0.05, 0) is 31.2 Å². The smallest absolute Gasteiger partial charge is 0.0939 e. The third kappa shape index (κ3) is 3.35. The van der Waals surface area contributed by atoms with Crippen LogP contribution in [0.3, 0.4) is 0 Å². The van der Waals surface area contributed by atoms with Crippen molar-refractivity contribution in [2.75, 3.05) is 34.0 Å². The van der Waals surface area contributed by atoms with Crippen molar-refractivity contribution in [2.24, 2.45) is 11.3 Å². The number of ether oxygens (including phenoxy) is 3. The Hall–Kier alpha value is -0.160. The van der Waals surface area contributed by atoms with Crippen molar-refractivity contribution in [3.05, 3.63) is 0 Å². The normalized spacial score (nSPS) is 34.4. The number of methoxy groups -OCH3 is 1. The molecule has 2 saturated heterocycles. The predicted molar refractivity (Wildman–Crippen MR) is 79.9 cm³/mol. The lowest BCUT2D eigenvalue weighted by atomic mass is 9.74. The SMILES string of the molecule is CNC(C1CCOC2(CCOC2)C1)C(OC)C(C)(C)C. The molecule has 4 unspecified atom stereocenters. The van der Waals surface area contributed by atoms with Crippen LogP contribution in [0.2, 0.25) is 0 Å². The number of nitrogens with one attached hydrogen (secondary N) is 1. The highest BCUT2D eigenvalue weighted by atomic mass is 16.6. The fraction of sp³-hybridized carbons (Fsp3) is 1.00. The average Bonchev–Trinajstić information content (AvgIpc) is 2.82. The Labute approximate surface area is 123 Å². The van der Waals surface area contributed by atoms with Gasteiger partial charge in [-0.2, -0.15) is 0 Å². The number of hydrogen-bond acceptors (Lipinski definition) is 4. The molecule has 4 nitrogen and oxygen atoms in total. The molecule has 1 spiro atoms. The first-order valence-corrected chi connectivity index (χ1v) is 7.84. The maximum Gasteiger partial charge on any atom is 0.0939 e. The first kappa shape index (κ1) is 16.2. The summed E-state index contributed by atoms with van der Waals surface area (Å²) >= 11 is 0. The highest BCUT2D eigenvalue weighted by Crippen LogP contribution is 2.39. The van der Waals surface area contributed by atoms with E-state index in [0.29, 0.717) is 12.0 Å². The van der Waals surface area contributed by atoms with Crippen molar-refractivity contribution >= 4 is 0 Å². The van der Waals surface area contributed by atoms with Crippen molar-refractivity contribution < 1.29 is 14.2 Å². The molecule has 2 fully saturated rings. The van der Waals surface area contributed by atoms with E-state index in [4.69, 9.17) is 14.2 Å². The van der Waals surface area contributed by atoms with Gasteiger partial charge in [0.05, 0.1) is 18.3 Å². The topological polar surface area (TPSA) is 39.7 Å². The van der Waals surface area contributed by atoms with Crippen LogP contribution in [0.1, 0.15) is 40.0 Å². The highest BCUT2D eigenvalue weighted by molar-refractivity contribution is 4.97. The van der Waals surface area contributed by atoms with Gasteiger partial charge in [-0.25, -0.2) is 0 Å². The van der Waals surface area contributed by atoms with E-state index in [9.17, 15) is 0 Å². The van der Waals surface area contributed by atoms with Crippen LogP contribution in [0.15, 0.2) is 0 Å². The second kappa shape index (κ2) is 6.30. The van der Waals surface area contributed by atoms with Crippen LogP contribution < -0.4 is 5.32 Å². The van der Waals surface area contributed by atoms with E-state index in [0.717, 1.165) is 39.1 Å². The zero-order chi connectivity index (χ0) is 14.8. The van der Waals surface area contributed by atoms with Gasteiger partial charge in [-0.15, -0.1) is 0 Å². The van der Waals surface area contributed by atoms with E-state index in [1.807, 2.05) is 7.11 Å². The summed E-state index contributed by atoms with van der Waals surface area (Å²) in [6.45, 7) is 9.18. The van der Waals surface area contributed by atoms with Crippen molar-refractivity contribution in [1.29, 1.82) is 0 Å². The maximum atomic E-state index is 6.06. The molecular weight excluding hydrogens is 254 g/mol. The molecule has 118 valence electrons. The molecular formula is C16H31NO3. The summed E-state index contributed by atoms with van der Waals surface area (Å²) in [7, 11) is 3.88. The summed E-state index contributed by atoms with van der Waals surface area (Å²) in [5.74, 6) is 0.583. The van der Waals surface area contributed by atoms with Gasteiger partial charge in [0, 0.05) is 32.8 Å². The third-order valence-corrected chi connectivity index (χ3v) is 4.87. The first-order chi connectivity index (χ1) is 9.42. The van der Waals surface area contributed by atoms with Crippen molar-refractivity contribution in [2.45, 2.75) is 57.8 Å². The molecule has 2 aliphatic rings. The Morgan fingerprint density at radius 3 is 2.55 bits per heavy atom. The average molecular weight is 285 g/mol. The third-order valence-electron chi connectivity index (χ3n) is 4.87. The minimum Gasteiger partial charge on any atom is -0.379 e. The van der Waals surface area contributed by atoms with Crippen LogP contribution in [0.25, 0.3) is 0 Å². The monoisotopic (exact) mass is 285 g/mol. The Morgan fingerprint density at radius 1 is 1.30 bits per heavy atom. The zero-order valence-electron chi connectivity index (χ0n) is 13.7. The highest BCUT2D eigenvalue weighted by Gasteiger charge is 2.45. The molecule has 2 heterocycles. The number of rotatable bonds is 4. The van der Waals surface area contributed by atoms with Crippen molar-refractivity contribution in [3.63, 3.8) is 0 Å². The van der Waals surface area contributed by atoms with Gasteiger partial charge in [0.25, 0.3) is 0 Å². The van der Waals surface area contributed by atoms with E-state index >= 15 is 0 Å². The fourth-order valence-electron chi connectivity index (χ4n) is 3.91. The van der Waals surface area contributed by atoms with Gasteiger partial charge in [0.15, 0.2) is 0 Å². The number of likely N-dealkylation sites (N-methyl/N-ethyl adjacent to an activating group) is 1. The molecule has 0 aliphatic carbocycles. The van der Waals surface area contributed by atoms with Crippen LogP contribution >= 0.6 is 0 Å². The van der Waals surface area contributed by atoms with Gasteiger partial charge in [-0.3, -0.25) is 0 Å². The lowest BCUT2D eigenvalue weighted by Gasteiger charge is -2.45. The zero-order valence-corrected chi connectivity index (χ0v) is 13.7. The summed E-state index contributed by atoms with van der Waals surface area (Å²) in [5.41, 5.74) is 0.0915. The minimum absolute atomic E-state index is 0.0335. The first-order valence-electron chi connectivity index (χ1n) is 7.84. The quantitative estimate of drug-likeness (QED) is 0.860. The summed E-state index contributed by atoms with van der Waals surface area (Å²) < 4.78 is 17.5. The predicted octanol–water partition coefficient (Wildman–Crippen LogP) is 2.22. The number of hydrogen-bond donors (Lipinski definition) is 1. The van der Waals surface area contributed by atoms with Crippen molar-refractivity contribution in [3.8, 4) is 0 Å². The van der Waals surface area contributed by atoms with E-state index in [-0.39, 0.29) is 17.1 Å². The fourth-order valence-corrected chi connectivity index (χ4v) is 3.91. The lowest BCUT2D eigenvalue weighted by Crippen LogP contribution is -2.54. The van der Waals surface area contributed by atoms with Crippen LogP contribution in [-0.2, 0) is 14.2 Å². The van der Waals surface area contributed by atoms with Gasteiger partial charge in [0.2, 0.25) is 0 Å². The molecule has 0 radical (unpaired) electrons. The Balaban J connectivity index is 2.10. The van der Waals surface area contributed by atoms with Crippen LogP contribution in [0, 0.1) is 11.3 Å². The van der Waals surface area contributed by atoms with Crippen LogP contribution in [-0.4, -0.2) is 51.7 Å². The Kier molecular flexibility index (Phi) is 5.11. The second-order valence-electron chi connectivity index (χ2n) is 7.42. The summed E-state index contributed by atoms with van der Waals surface area (Å²) in [6, 6.07) is 0.362. The summed E-state index contributed by atoms with van der Waals surface area (Å²) in [5, 5.41) is 3.51. The van der Waals surface area contributed by atoms with Crippen molar-refractivity contribution in [1.82, 2.24) is 5.32 Å². The maximum absolute atomic E-state index is 6.06. The standard InChI is InChI=1S/C16H31NO3/c1-15(2,3)14(18-5)13(17-4)12-6-8-20-16(10-12)7-9-19-11-16/h12-14,17H,6-11H2,1-5H3. The molecule has 1 N–H and O–H groups in total. The Bertz CT molecular complexity index is 307. The van der Waals surface area contributed by atoms with Gasteiger partial charge in [-0.1, -0.05) is 20.8 Å². The van der Waals surface area contributed by atoms with E-state index < -0.39 is 0 Å². The van der Waals surface area contributed by atoms with Crippen LogP contribution in [0.5, 0.6) is 0 Å². The van der Waals surface area contributed by atoms with Gasteiger partial charge >= 0.3 is 0 Å². The Morgan fingerprint density at radius 2 is 2.05 bits per heavy atom. The molecule has 0 amide bonds. The molecule has 2 aliphatic heterocycles. The van der Waals surface area contributed by atoms with E-state index in [1.54, 1.807) is 0 Å². The van der Waals surface area contributed by atoms with Gasteiger partial charge in [0.1, 0.15) is 0 Å². The van der Waals surface area contributed by atoms with Gasteiger partial charge < -0.3 is 19.5 Å². The minimum atomic E-state index is -0.0335. The molecule has 2 rings (SSSR count). The summed E-state index contributed by atoms with van der Waals surface area (Å²) in [4.78, 5) is 0.